The van der Waals surface area contributed by atoms with Crippen molar-refractivity contribution in [2.24, 2.45) is 7.05 Å². The fraction of sp³-hybridized carbons (Fsp3) is 0.444. The van der Waals surface area contributed by atoms with Crippen molar-refractivity contribution >= 4 is 0 Å². The van der Waals surface area contributed by atoms with Crippen LogP contribution in [0.2, 0.25) is 0 Å². The summed E-state index contributed by atoms with van der Waals surface area (Å²) >= 11 is 0. The second-order valence-electron chi connectivity index (χ2n) is 3.30. The smallest absolute Gasteiger partial charge is 0.330 e. The van der Waals surface area contributed by atoms with E-state index in [1.165, 1.54) is 14.0 Å². The van der Waals surface area contributed by atoms with E-state index in [2.05, 4.69) is 0 Å². The van der Waals surface area contributed by atoms with Gasteiger partial charge in [0.2, 0.25) is 0 Å². The standard InChI is InChI=1S/C9H11N3O3/c1-6(13)4-12-5-7(3-10)8(14)11(2)9(12)15/h5-6,13H,4H2,1-2H3. The lowest BCUT2D eigenvalue weighted by atomic mass is 10.3. The van der Waals surface area contributed by atoms with Crippen LogP contribution >= 0.6 is 0 Å². The molecule has 0 aliphatic heterocycles. The van der Waals surface area contributed by atoms with Gasteiger partial charge in [0.1, 0.15) is 11.6 Å². The molecule has 0 saturated heterocycles. The largest absolute Gasteiger partial charge is 0.392 e. The van der Waals surface area contributed by atoms with E-state index in [1.54, 1.807) is 6.07 Å². The van der Waals surface area contributed by atoms with Crippen molar-refractivity contribution in [1.82, 2.24) is 9.13 Å². The molecular formula is C9H11N3O3. The second kappa shape index (κ2) is 4.11. The van der Waals surface area contributed by atoms with E-state index in [4.69, 9.17) is 10.4 Å². The Kier molecular flexibility index (Phi) is 3.07. The van der Waals surface area contributed by atoms with Crippen LogP contribution in [0.1, 0.15) is 12.5 Å². The quantitative estimate of drug-likeness (QED) is 0.662. The first-order chi connectivity index (χ1) is 6.97. The minimum absolute atomic E-state index is 0.0572. The van der Waals surface area contributed by atoms with E-state index < -0.39 is 17.4 Å². The van der Waals surface area contributed by atoms with Gasteiger partial charge in [0.05, 0.1) is 12.6 Å². The van der Waals surface area contributed by atoms with Crippen molar-refractivity contribution in [2.45, 2.75) is 19.6 Å². The van der Waals surface area contributed by atoms with Crippen molar-refractivity contribution in [3.8, 4) is 6.07 Å². The van der Waals surface area contributed by atoms with Crippen LogP contribution < -0.4 is 11.2 Å². The van der Waals surface area contributed by atoms with Crippen LogP contribution in [0.3, 0.4) is 0 Å². The van der Waals surface area contributed by atoms with Gasteiger partial charge >= 0.3 is 5.69 Å². The van der Waals surface area contributed by atoms with Gasteiger partial charge in [-0.3, -0.25) is 13.9 Å². The Morgan fingerprint density at radius 3 is 2.67 bits per heavy atom. The summed E-state index contributed by atoms with van der Waals surface area (Å²) in [7, 11) is 1.30. The first-order valence-corrected chi connectivity index (χ1v) is 4.36. The monoisotopic (exact) mass is 209 g/mol. The maximum atomic E-state index is 11.5. The van der Waals surface area contributed by atoms with E-state index in [1.807, 2.05) is 0 Å². The molecule has 0 spiro atoms. The number of aliphatic hydroxyl groups is 1. The summed E-state index contributed by atoms with van der Waals surface area (Å²) in [6.07, 6.45) is 0.448. The number of nitrogens with zero attached hydrogens (tertiary/aromatic N) is 3. The van der Waals surface area contributed by atoms with Gasteiger partial charge in [0, 0.05) is 13.2 Å². The maximum absolute atomic E-state index is 11.5. The lowest BCUT2D eigenvalue weighted by molar-refractivity contribution is 0.170. The number of rotatable bonds is 2. The summed E-state index contributed by atoms with van der Waals surface area (Å²) in [6, 6.07) is 1.70. The second-order valence-corrected chi connectivity index (χ2v) is 3.30. The summed E-state index contributed by atoms with van der Waals surface area (Å²) in [4.78, 5) is 22.8. The van der Waals surface area contributed by atoms with Gasteiger partial charge < -0.3 is 5.11 Å². The van der Waals surface area contributed by atoms with Gasteiger partial charge in [-0.05, 0) is 6.92 Å². The molecule has 0 aliphatic rings. The Morgan fingerprint density at radius 2 is 2.20 bits per heavy atom. The van der Waals surface area contributed by atoms with Crippen molar-refractivity contribution < 1.29 is 5.11 Å². The third-order valence-electron chi connectivity index (χ3n) is 1.93. The zero-order valence-electron chi connectivity index (χ0n) is 8.47. The highest BCUT2D eigenvalue weighted by Gasteiger charge is 2.09. The molecule has 1 unspecified atom stereocenters. The minimum atomic E-state index is -0.716. The molecule has 0 saturated carbocycles. The summed E-state index contributed by atoms with van der Waals surface area (Å²) < 4.78 is 1.99. The molecule has 0 radical (unpaired) electrons. The van der Waals surface area contributed by atoms with Crippen LogP contribution in [-0.4, -0.2) is 20.3 Å². The topological polar surface area (TPSA) is 88.0 Å². The lowest BCUT2D eigenvalue weighted by Crippen LogP contribution is -2.40. The Hall–Kier alpha value is -1.87. The molecule has 0 amide bonds. The van der Waals surface area contributed by atoms with E-state index in [9.17, 15) is 9.59 Å². The molecule has 6 nitrogen and oxygen atoms in total. The molecule has 0 fully saturated rings. The molecule has 1 rings (SSSR count). The lowest BCUT2D eigenvalue weighted by Gasteiger charge is -2.09. The van der Waals surface area contributed by atoms with Crippen LogP contribution in [0.5, 0.6) is 0 Å². The van der Waals surface area contributed by atoms with Crippen molar-refractivity contribution in [1.29, 1.82) is 5.26 Å². The average Bonchev–Trinajstić information content (AvgIpc) is 2.18. The van der Waals surface area contributed by atoms with Gasteiger partial charge in [-0.1, -0.05) is 0 Å². The Morgan fingerprint density at radius 1 is 1.60 bits per heavy atom. The first-order valence-electron chi connectivity index (χ1n) is 4.36. The van der Waals surface area contributed by atoms with Crippen LogP contribution in [-0.2, 0) is 13.6 Å². The van der Waals surface area contributed by atoms with Crippen LogP contribution in [0, 0.1) is 11.3 Å². The zero-order valence-corrected chi connectivity index (χ0v) is 8.47. The molecule has 15 heavy (non-hydrogen) atoms. The predicted octanol–water partition coefficient (Wildman–Crippen LogP) is -1.20. The highest BCUT2D eigenvalue weighted by Crippen LogP contribution is 1.89. The van der Waals surface area contributed by atoms with Crippen molar-refractivity contribution in [2.75, 3.05) is 0 Å². The molecule has 1 N–H and O–H groups in total. The van der Waals surface area contributed by atoms with Gasteiger partial charge in [-0.15, -0.1) is 0 Å². The van der Waals surface area contributed by atoms with E-state index >= 15 is 0 Å². The Balaban J connectivity index is 3.44. The van der Waals surface area contributed by atoms with Gasteiger partial charge in [-0.2, -0.15) is 5.26 Å². The highest BCUT2D eigenvalue weighted by molar-refractivity contribution is 5.22. The van der Waals surface area contributed by atoms with E-state index in [0.29, 0.717) is 0 Å². The molecule has 6 heteroatoms. The number of hydrogen-bond donors (Lipinski definition) is 1. The minimum Gasteiger partial charge on any atom is -0.392 e. The summed E-state index contributed by atoms with van der Waals surface area (Å²) in [5.74, 6) is 0. The van der Waals surface area contributed by atoms with Crippen molar-refractivity contribution in [3.63, 3.8) is 0 Å². The molecule has 80 valence electrons. The fourth-order valence-electron chi connectivity index (χ4n) is 1.22. The van der Waals surface area contributed by atoms with Crippen molar-refractivity contribution in [3.05, 3.63) is 32.6 Å². The number of aromatic nitrogens is 2. The summed E-state index contributed by atoms with van der Waals surface area (Å²) in [5, 5.41) is 17.8. The number of nitriles is 1. The molecule has 1 aromatic heterocycles. The third-order valence-corrected chi connectivity index (χ3v) is 1.93. The SMILES string of the molecule is CC(O)Cn1cc(C#N)c(=O)n(C)c1=O. The Labute approximate surface area is 85.6 Å². The molecule has 0 bridgehead atoms. The summed E-state index contributed by atoms with van der Waals surface area (Å²) in [6.45, 7) is 1.57. The van der Waals surface area contributed by atoms with E-state index in [-0.39, 0.29) is 12.1 Å². The number of hydrogen-bond acceptors (Lipinski definition) is 4. The predicted molar refractivity (Wildman–Crippen MR) is 52.3 cm³/mol. The fourth-order valence-corrected chi connectivity index (χ4v) is 1.22. The van der Waals surface area contributed by atoms with E-state index in [0.717, 1.165) is 15.3 Å². The molecule has 1 aromatic rings. The summed E-state index contributed by atoms with van der Waals surface area (Å²) in [5.41, 5.74) is -1.28. The molecular weight excluding hydrogens is 198 g/mol. The first kappa shape index (κ1) is 11.2. The van der Waals surface area contributed by atoms with Crippen LogP contribution in [0.25, 0.3) is 0 Å². The maximum Gasteiger partial charge on any atom is 0.330 e. The molecule has 1 heterocycles. The molecule has 1 atom stereocenters. The molecule has 0 aliphatic carbocycles. The highest BCUT2D eigenvalue weighted by atomic mass is 16.3. The average molecular weight is 209 g/mol. The normalized spacial score (nSPS) is 12.1. The third kappa shape index (κ3) is 2.14. The zero-order chi connectivity index (χ0) is 11.6. The Bertz CT molecular complexity index is 519. The molecule has 0 aromatic carbocycles. The number of aliphatic hydroxyl groups excluding tert-OH is 1. The van der Waals surface area contributed by atoms with Gasteiger partial charge in [-0.25, -0.2) is 4.79 Å². The van der Waals surface area contributed by atoms with Crippen LogP contribution in [0.15, 0.2) is 15.8 Å². The van der Waals surface area contributed by atoms with Crippen LogP contribution in [0.4, 0.5) is 0 Å². The van der Waals surface area contributed by atoms with Gasteiger partial charge in [0.15, 0.2) is 0 Å². The van der Waals surface area contributed by atoms with Gasteiger partial charge in [0.25, 0.3) is 5.56 Å².